The van der Waals surface area contributed by atoms with E-state index in [9.17, 15) is 9.90 Å². The monoisotopic (exact) mass is 209 g/mol. The molecule has 82 valence electrons. The number of aliphatic hydroxyl groups is 1. The summed E-state index contributed by atoms with van der Waals surface area (Å²) < 4.78 is 0. The summed E-state index contributed by atoms with van der Waals surface area (Å²) in [5.41, 5.74) is 6.27. The van der Waals surface area contributed by atoms with Gasteiger partial charge in [-0.3, -0.25) is 4.79 Å². The van der Waals surface area contributed by atoms with Gasteiger partial charge < -0.3 is 15.9 Å². The predicted octanol–water partition coefficient (Wildman–Crippen LogP) is 0.563. The van der Waals surface area contributed by atoms with Crippen molar-refractivity contribution in [3.63, 3.8) is 0 Å². The maximum absolute atomic E-state index is 10.8. The van der Waals surface area contributed by atoms with Crippen LogP contribution in [0.3, 0.4) is 0 Å². The molecule has 4 N–H and O–H groups in total. The Kier molecular flexibility index (Phi) is 3.82. The minimum Gasteiger partial charge on any atom is -0.480 e. The molecule has 0 saturated carbocycles. The van der Waals surface area contributed by atoms with E-state index in [2.05, 4.69) is 0 Å². The van der Waals surface area contributed by atoms with E-state index in [1.165, 1.54) is 0 Å². The van der Waals surface area contributed by atoms with Crippen LogP contribution >= 0.6 is 0 Å². The third kappa shape index (κ3) is 2.78. The van der Waals surface area contributed by atoms with E-state index in [0.29, 0.717) is 0 Å². The first-order valence-electron chi connectivity index (χ1n) is 4.75. The van der Waals surface area contributed by atoms with E-state index in [1.807, 2.05) is 6.07 Å². The Hall–Kier alpha value is -1.39. The number of benzene rings is 1. The Balaban J connectivity index is 2.99. The fourth-order valence-electron chi connectivity index (χ4n) is 1.61. The summed E-state index contributed by atoms with van der Waals surface area (Å²) >= 11 is 0. The van der Waals surface area contributed by atoms with Gasteiger partial charge in [-0.25, -0.2) is 0 Å². The number of rotatable bonds is 4. The van der Waals surface area contributed by atoms with Crippen molar-refractivity contribution in [2.24, 2.45) is 5.73 Å². The van der Waals surface area contributed by atoms with E-state index < -0.39 is 24.0 Å². The Morgan fingerprint density at radius 2 is 1.87 bits per heavy atom. The standard InChI is InChI=1S/C11H15NO3/c1-7(13)9(10(12)11(14)15)8-5-3-2-4-6-8/h2-7,9-10,13H,12H2,1H3,(H,14,15)/t7-,9-,10+/m1/s1. The molecule has 0 fully saturated rings. The lowest BCUT2D eigenvalue weighted by molar-refractivity contribution is -0.139. The number of aliphatic carboxylic acids is 1. The second-order valence-electron chi connectivity index (χ2n) is 3.54. The van der Waals surface area contributed by atoms with E-state index >= 15 is 0 Å². The molecule has 1 rings (SSSR count). The zero-order chi connectivity index (χ0) is 11.4. The topological polar surface area (TPSA) is 83.5 Å². The molecule has 0 saturated heterocycles. The quantitative estimate of drug-likeness (QED) is 0.676. The highest BCUT2D eigenvalue weighted by atomic mass is 16.4. The van der Waals surface area contributed by atoms with Crippen LogP contribution in [0.25, 0.3) is 0 Å². The smallest absolute Gasteiger partial charge is 0.321 e. The molecular formula is C11H15NO3. The van der Waals surface area contributed by atoms with Crippen LogP contribution in [0.4, 0.5) is 0 Å². The lowest BCUT2D eigenvalue weighted by Crippen LogP contribution is -2.41. The van der Waals surface area contributed by atoms with Crippen molar-refractivity contribution in [3.05, 3.63) is 35.9 Å². The summed E-state index contributed by atoms with van der Waals surface area (Å²) in [6.07, 6.45) is -0.793. The molecule has 4 nitrogen and oxygen atoms in total. The average molecular weight is 209 g/mol. The van der Waals surface area contributed by atoms with Crippen molar-refractivity contribution < 1.29 is 15.0 Å². The van der Waals surface area contributed by atoms with Crippen molar-refractivity contribution in [2.45, 2.75) is 25.0 Å². The number of carboxylic acids is 1. The number of aliphatic hydroxyl groups excluding tert-OH is 1. The zero-order valence-corrected chi connectivity index (χ0v) is 8.50. The highest BCUT2D eigenvalue weighted by Gasteiger charge is 2.29. The summed E-state index contributed by atoms with van der Waals surface area (Å²) in [6.45, 7) is 1.54. The predicted molar refractivity (Wildman–Crippen MR) is 56.5 cm³/mol. The molecule has 0 aromatic heterocycles. The first kappa shape index (κ1) is 11.7. The number of carbonyl (C=O) groups is 1. The molecule has 0 heterocycles. The van der Waals surface area contributed by atoms with Crippen LogP contribution in [0, 0.1) is 0 Å². The highest BCUT2D eigenvalue weighted by Crippen LogP contribution is 2.22. The van der Waals surface area contributed by atoms with Crippen LogP contribution in [-0.4, -0.2) is 28.3 Å². The Morgan fingerprint density at radius 1 is 1.33 bits per heavy atom. The molecule has 0 radical (unpaired) electrons. The fraction of sp³-hybridized carbons (Fsp3) is 0.364. The molecule has 1 aromatic carbocycles. The minimum atomic E-state index is -1.11. The summed E-state index contributed by atoms with van der Waals surface area (Å²) in [6, 6.07) is 7.85. The van der Waals surface area contributed by atoms with Crippen molar-refractivity contribution >= 4 is 5.97 Å². The molecule has 0 aliphatic carbocycles. The first-order valence-corrected chi connectivity index (χ1v) is 4.75. The van der Waals surface area contributed by atoms with Gasteiger partial charge in [0.25, 0.3) is 0 Å². The second kappa shape index (κ2) is 4.91. The van der Waals surface area contributed by atoms with Gasteiger partial charge in [0.15, 0.2) is 0 Å². The summed E-state index contributed by atoms with van der Waals surface area (Å²) in [5, 5.41) is 18.4. The van der Waals surface area contributed by atoms with Gasteiger partial charge in [-0.2, -0.15) is 0 Å². The minimum absolute atomic E-state index is 0.580. The van der Waals surface area contributed by atoms with Crippen molar-refractivity contribution in [3.8, 4) is 0 Å². The van der Waals surface area contributed by atoms with Gasteiger partial charge in [-0.05, 0) is 12.5 Å². The van der Waals surface area contributed by atoms with Crippen LogP contribution < -0.4 is 5.73 Å². The molecule has 15 heavy (non-hydrogen) atoms. The molecule has 0 aliphatic rings. The van der Waals surface area contributed by atoms with Gasteiger partial charge in [0, 0.05) is 5.92 Å². The van der Waals surface area contributed by atoms with Gasteiger partial charge in [0.05, 0.1) is 6.10 Å². The van der Waals surface area contributed by atoms with Crippen LogP contribution in [-0.2, 0) is 4.79 Å². The molecule has 0 aliphatic heterocycles. The highest BCUT2D eigenvalue weighted by molar-refractivity contribution is 5.74. The Labute approximate surface area is 88.3 Å². The van der Waals surface area contributed by atoms with Gasteiger partial charge in [-0.1, -0.05) is 30.3 Å². The van der Waals surface area contributed by atoms with Gasteiger partial charge in [-0.15, -0.1) is 0 Å². The molecule has 0 spiro atoms. The van der Waals surface area contributed by atoms with E-state index in [1.54, 1.807) is 31.2 Å². The summed E-state index contributed by atoms with van der Waals surface area (Å²) in [5.74, 6) is -1.69. The van der Waals surface area contributed by atoms with Gasteiger partial charge >= 0.3 is 5.97 Å². The first-order chi connectivity index (χ1) is 7.04. The van der Waals surface area contributed by atoms with Crippen molar-refractivity contribution in [2.75, 3.05) is 0 Å². The normalized spacial score (nSPS) is 16.7. The molecule has 4 heteroatoms. The number of carboxylic acid groups (broad SMARTS) is 1. The molecular weight excluding hydrogens is 194 g/mol. The average Bonchev–Trinajstić information content (AvgIpc) is 2.18. The molecule has 0 bridgehead atoms. The Morgan fingerprint density at radius 3 is 2.27 bits per heavy atom. The van der Waals surface area contributed by atoms with Crippen LogP contribution in [0.5, 0.6) is 0 Å². The van der Waals surface area contributed by atoms with E-state index in [-0.39, 0.29) is 0 Å². The van der Waals surface area contributed by atoms with Crippen molar-refractivity contribution in [1.29, 1.82) is 0 Å². The second-order valence-corrected chi connectivity index (χ2v) is 3.54. The maximum atomic E-state index is 10.8. The SMILES string of the molecule is C[C@@H](O)[C@H](c1ccccc1)[C@H](N)C(=O)O. The maximum Gasteiger partial charge on any atom is 0.321 e. The lowest BCUT2D eigenvalue weighted by Gasteiger charge is -2.23. The summed E-state index contributed by atoms with van der Waals surface area (Å²) in [7, 11) is 0. The molecule has 3 atom stereocenters. The molecule has 0 unspecified atom stereocenters. The molecule has 0 amide bonds. The summed E-state index contributed by atoms with van der Waals surface area (Å²) in [4.78, 5) is 10.8. The van der Waals surface area contributed by atoms with E-state index in [0.717, 1.165) is 5.56 Å². The molecule has 1 aromatic rings. The van der Waals surface area contributed by atoms with Crippen LogP contribution in [0.2, 0.25) is 0 Å². The van der Waals surface area contributed by atoms with Gasteiger partial charge in [0.1, 0.15) is 6.04 Å². The van der Waals surface area contributed by atoms with Crippen molar-refractivity contribution in [1.82, 2.24) is 0 Å². The van der Waals surface area contributed by atoms with Gasteiger partial charge in [0.2, 0.25) is 0 Å². The Bertz CT molecular complexity index is 324. The van der Waals surface area contributed by atoms with Crippen LogP contribution in [0.15, 0.2) is 30.3 Å². The fourth-order valence-corrected chi connectivity index (χ4v) is 1.61. The largest absolute Gasteiger partial charge is 0.480 e. The van der Waals surface area contributed by atoms with Crippen LogP contribution in [0.1, 0.15) is 18.4 Å². The number of nitrogens with two attached hydrogens (primary N) is 1. The zero-order valence-electron chi connectivity index (χ0n) is 8.50. The number of hydrogen-bond donors (Lipinski definition) is 3. The third-order valence-corrected chi connectivity index (χ3v) is 2.38. The number of hydrogen-bond acceptors (Lipinski definition) is 3. The third-order valence-electron chi connectivity index (χ3n) is 2.38. The van der Waals surface area contributed by atoms with E-state index in [4.69, 9.17) is 10.8 Å². The lowest BCUT2D eigenvalue weighted by atomic mass is 9.88.